The number of fused-ring (bicyclic) bond motifs is 1. The molecule has 4 atom stereocenters. The lowest BCUT2D eigenvalue weighted by Gasteiger charge is -2.43. The fourth-order valence-corrected chi connectivity index (χ4v) is 7.06. The quantitative estimate of drug-likeness (QED) is 0.446. The first-order valence-corrected chi connectivity index (χ1v) is 12.6. The molecule has 0 bridgehead atoms. The lowest BCUT2D eigenvalue weighted by atomic mass is 9.63. The molecule has 29 heavy (non-hydrogen) atoms. The average Bonchev–Trinajstić information content (AvgIpc) is 2.75. The van der Waals surface area contributed by atoms with Crippen LogP contribution in [-0.4, -0.2) is 0 Å². The Morgan fingerprint density at radius 3 is 2.10 bits per heavy atom. The van der Waals surface area contributed by atoms with Crippen LogP contribution >= 0.6 is 0 Å². The van der Waals surface area contributed by atoms with Crippen molar-refractivity contribution in [1.29, 1.82) is 0 Å². The molecule has 1 aromatic rings. The maximum absolute atomic E-state index is 14.2. The number of halogens is 2. The smallest absolute Gasteiger partial charge is 0.162 e. The zero-order valence-corrected chi connectivity index (χ0v) is 18.4. The molecule has 4 unspecified atom stereocenters. The molecule has 0 aromatic heterocycles. The summed E-state index contributed by atoms with van der Waals surface area (Å²) in [4.78, 5) is 0. The molecule has 3 saturated carbocycles. The molecule has 3 aliphatic carbocycles. The molecule has 0 nitrogen and oxygen atoms in total. The minimum absolute atomic E-state index is 0.224. The van der Waals surface area contributed by atoms with Crippen LogP contribution in [0.25, 0.3) is 0 Å². The van der Waals surface area contributed by atoms with Crippen LogP contribution in [0.15, 0.2) is 18.2 Å². The molecule has 0 saturated heterocycles. The second-order valence-corrected chi connectivity index (χ2v) is 10.6. The van der Waals surface area contributed by atoms with Crippen molar-refractivity contribution in [3.8, 4) is 0 Å². The molecular weight excluding hydrogens is 362 g/mol. The Morgan fingerprint density at radius 1 is 0.724 bits per heavy atom. The molecule has 4 rings (SSSR count). The number of benzene rings is 1. The van der Waals surface area contributed by atoms with Crippen molar-refractivity contribution in [3.05, 3.63) is 35.4 Å². The van der Waals surface area contributed by atoms with E-state index >= 15 is 0 Å². The van der Waals surface area contributed by atoms with Gasteiger partial charge in [0.15, 0.2) is 11.6 Å². The molecule has 1 aromatic carbocycles. The Balaban J connectivity index is 1.22. The Bertz CT molecular complexity index is 646. The first-order valence-electron chi connectivity index (χ1n) is 12.6. The molecule has 0 heterocycles. The van der Waals surface area contributed by atoms with Crippen LogP contribution in [-0.2, 0) is 0 Å². The van der Waals surface area contributed by atoms with Gasteiger partial charge in [0.1, 0.15) is 0 Å². The Labute approximate surface area is 176 Å². The molecule has 0 amide bonds. The topological polar surface area (TPSA) is 0 Å². The van der Waals surface area contributed by atoms with E-state index in [1.807, 2.05) is 6.07 Å². The maximum atomic E-state index is 14.2. The van der Waals surface area contributed by atoms with Gasteiger partial charge in [-0.25, -0.2) is 8.78 Å². The second-order valence-electron chi connectivity index (χ2n) is 10.6. The SMILES string of the molecule is CCCC1CCC(CCC2CCC3CC(c4cccc(F)c4F)CCC3C2)CC1. The van der Waals surface area contributed by atoms with Gasteiger partial charge >= 0.3 is 0 Å². The molecule has 0 spiro atoms. The van der Waals surface area contributed by atoms with E-state index in [9.17, 15) is 8.78 Å². The van der Waals surface area contributed by atoms with E-state index in [2.05, 4.69) is 6.92 Å². The van der Waals surface area contributed by atoms with Crippen molar-refractivity contribution in [3.63, 3.8) is 0 Å². The van der Waals surface area contributed by atoms with Crippen molar-refractivity contribution in [1.82, 2.24) is 0 Å². The van der Waals surface area contributed by atoms with Gasteiger partial charge in [-0.05, 0) is 79.2 Å². The lowest BCUT2D eigenvalue weighted by Crippen LogP contribution is -2.31. The third kappa shape index (κ3) is 5.23. The summed E-state index contributed by atoms with van der Waals surface area (Å²) in [5.41, 5.74) is 0.629. The number of rotatable bonds is 6. The highest BCUT2D eigenvalue weighted by molar-refractivity contribution is 5.23. The highest BCUT2D eigenvalue weighted by Crippen LogP contribution is 2.49. The van der Waals surface area contributed by atoms with Gasteiger partial charge in [0.25, 0.3) is 0 Å². The Kier molecular flexibility index (Phi) is 7.30. The van der Waals surface area contributed by atoms with Crippen LogP contribution in [0.4, 0.5) is 8.78 Å². The van der Waals surface area contributed by atoms with Gasteiger partial charge in [0, 0.05) is 0 Å². The van der Waals surface area contributed by atoms with Crippen molar-refractivity contribution in [2.45, 2.75) is 103 Å². The molecule has 0 N–H and O–H groups in total. The summed E-state index contributed by atoms with van der Waals surface area (Å²) in [7, 11) is 0. The van der Waals surface area contributed by atoms with E-state index in [-0.39, 0.29) is 5.92 Å². The van der Waals surface area contributed by atoms with E-state index in [1.165, 1.54) is 83.1 Å². The van der Waals surface area contributed by atoms with Crippen LogP contribution < -0.4 is 0 Å². The average molecular weight is 403 g/mol. The largest absolute Gasteiger partial charge is 0.204 e. The van der Waals surface area contributed by atoms with Crippen LogP contribution in [0.3, 0.4) is 0 Å². The van der Waals surface area contributed by atoms with Crippen LogP contribution in [0.5, 0.6) is 0 Å². The molecule has 0 radical (unpaired) electrons. The van der Waals surface area contributed by atoms with E-state index < -0.39 is 11.6 Å². The molecule has 3 fully saturated rings. The zero-order valence-electron chi connectivity index (χ0n) is 18.4. The predicted octanol–water partition coefficient (Wildman–Crippen LogP) is 8.65. The second kappa shape index (κ2) is 9.92. The third-order valence-electron chi connectivity index (χ3n) is 8.79. The van der Waals surface area contributed by atoms with Gasteiger partial charge in [0.2, 0.25) is 0 Å². The predicted molar refractivity (Wildman–Crippen MR) is 117 cm³/mol. The summed E-state index contributed by atoms with van der Waals surface area (Å²) >= 11 is 0. The summed E-state index contributed by atoms with van der Waals surface area (Å²) in [6.45, 7) is 2.32. The minimum Gasteiger partial charge on any atom is -0.204 e. The Morgan fingerprint density at radius 2 is 1.34 bits per heavy atom. The van der Waals surface area contributed by atoms with E-state index in [0.717, 1.165) is 42.4 Å². The Hall–Kier alpha value is -0.920. The third-order valence-corrected chi connectivity index (χ3v) is 8.79. The van der Waals surface area contributed by atoms with Crippen molar-refractivity contribution >= 4 is 0 Å². The zero-order chi connectivity index (χ0) is 20.2. The molecular formula is C27H40F2. The number of hydrogen-bond acceptors (Lipinski definition) is 0. The van der Waals surface area contributed by atoms with E-state index in [4.69, 9.17) is 0 Å². The molecule has 2 heteroatoms. The lowest BCUT2D eigenvalue weighted by molar-refractivity contribution is 0.108. The van der Waals surface area contributed by atoms with Gasteiger partial charge in [-0.1, -0.05) is 76.8 Å². The summed E-state index contributed by atoms with van der Waals surface area (Å²) in [6, 6.07) is 4.72. The summed E-state index contributed by atoms with van der Waals surface area (Å²) < 4.78 is 27.9. The minimum atomic E-state index is -0.683. The van der Waals surface area contributed by atoms with Gasteiger partial charge in [0.05, 0.1) is 0 Å². The van der Waals surface area contributed by atoms with Crippen molar-refractivity contribution < 1.29 is 8.78 Å². The molecule has 162 valence electrons. The van der Waals surface area contributed by atoms with Crippen LogP contribution in [0.1, 0.15) is 108 Å². The normalized spacial score (nSPS) is 35.3. The van der Waals surface area contributed by atoms with Gasteiger partial charge in [-0.15, -0.1) is 0 Å². The highest BCUT2D eigenvalue weighted by atomic mass is 19.2. The standard InChI is InChI=1S/C27H40F2/c1-2-4-19-7-9-20(10-8-19)11-12-21-13-14-23-18-24(16-15-22(23)17-21)25-5-3-6-26(28)27(25)29/h3,5-6,19-24H,2,4,7-18H2,1H3. The molecule has 3 aliphatic rings. The highest BCUT2D eigenvalue weighted by Gasteiger charge is 2.37. The fraction of sp³-hybridized carbons (Fsp3) is 0.778. The first kappa shape index (κ1) is 21.3. The van der Waals surface area contributed by atoms with Crippen LogP contribution in [0.2, 0.25) is 0 Å². The van der Waals surface area contributed by atoms with E-state index in [1.54, 1.807) is 6.07 Å². The molecule has 0 aliphatic heterocycles. The van der Waals surface area contributed by atoms with E-state index in [0.29, 0.717) is 5.56 Å². The van der Waals surface area contributed by atoms with Gasteiger partial charge < -0.3 is 0 Å². The maximum Gasteiger partial charge on any atom is 0.162 e. The summed E-state index contributed by atoms with van der Waals surface area (Å²) in [6.07, 6.45) is 19.0. The first-order chi connectivity index (χ1) is 14.1. The van der Waals surface area contributed by atoms with Crippen molar-refractivity contribution in [2.24, 2.45) is 29.6 Å². The monoisotopic (exact) mass is 402 g/mol. The van der Waals surface area contributed by atoms with Gasteiger partial charge in [-0.2, -0.15) is 0 Å². The number of hydrogen-bond donors (Lipinski definition) is 0. The van der Waals surface area contributed by atoms with Crippen LogP contribution in [0, 0.1) is 41.2 Å². The van der Waals surface area contributed by atoms with Crippen molar-refractivity contribution in [2.75, 3.05) is 0 Å². The fourth-order valence-electron chi connectivity index (χ4n) is 7.06. The summed E-state index contributed by atoms with van der Waals surface area (Å²) in [5, 5.41) is 0. The summed E-state index contributed by atoms with van der Waals surface area (Å²) in [5.74, 6) is 3.45. The van der Waals surface area contributed by atoms with Gasteiger partial charge in [-0.3, -0.25) is 0 Å².